The van der Waals surface area contributed by atoms with Crippen molar-refractivity contribution in [3.8, 4) is 11.5 Å². The van der Waals surface area contributed by atoms with Crippen molar-refractivity contribution in [2.24, 2.45) is 5.92 Å². The van der Waals surface area contributed by atoms with Gasteiger partial charge in [0.25, 0.3) is 0 Å². The van der Waals surface area contributed by atoms with Crippen molar-refractivity contribution in [2.75, 3.05) is 32.7 Å². The highest BCUT2D eigenvalue weighted by Crippen LogP contribution is 2.22. The van der Waals surface area contributed by atoms with Crippen molar-refractivity contribution in [1.29, 1.82) is 0 Å². The highest BCUT2D eigenvalue weighted by molar-refractivity contribution is 5.42. The van der Waals surface area contributed by atoms with Crippen LogP contribution < -0.4 is 14.8 Å². The lowest BCUT2D eigenvalue weighted by Crippen LogP contribution is -2.34. The van der Waals surface area contributed by atoms with Crippen LogP contribution in [0.3, 0.4) is 0 Å². The predicted octanol–water partition coefficient (Wildman–Crippen LogP) is 6.23. The molecule has 0 fully saturated rings. The van der Waals surface area contributed by atoms with Crippen LogP contribution in [0, 0.1) is 23.4 Å². The van der Waals surface area contributed by atoms with Gasteiger partial charge in [-0.15, -0.1) is 0 Å². The fourth-order valence-electron chi connectivity index (χ4n) is 3.66. The molecule has 0 bridgehead atoms. The summed E-state index contributed by atoms with van der Waals surface area (Å²) in [7, 11) is 3.23. The van der Waals surface area contributed by atoms with Crippen molar-refractivity contribution in [3.05, 3.63) is 89.7 Å². The molecule has 5 nitrogen and oxygen atoms in total. The Morgan fingerprint density at radius 2 is 1.47 bits per heavy atom. The SMILES string of the molecule is COc1ccc(COC(CC(CNc2ccc(F)cc2)OC)C(C)COc2cc(F)cc(F)c2)cc1. The van der Waals surface area contributed by atoms with Crippen LogP contribution in [0.5, 0.6) is 11.5 Å². The fraction of sp³-hybridized carbons (Fsp3) is 0.357. The minimum absolute atomic E-state index is 0.120. The summed E-state index contributed by atoms with van der Waals surface area (Å²) in [6.45, 7) is 2.98. The first-order valence-corrected chi connectivity index (χ1v) is 11.7. The Labute approximate surface area is 210 Å². The van der Waals surface area contributed by atoms with E-state index in [0.29, 0.717) is 19.6 Å². The van der Waals surface area contributed by atoms with Gasteiger partial charge in [0, 0.05) is 49.9 Å². The molecular formula is C28H32F3NO4. The topological polar surface area (TPSA) is 49.0 Å². The van der Waals surface area contributed by atoms with Gasteiger partial charge in [0.15, 0.2) is 0 Å². The fourth-order valence-corrected chi connectivity index (χ4v) is 3.66. The maximum absolute atomic E-state index is 13.5. The average Bonchev–Trinajstić information content (AvgIpc) is 2.87. The van der Waals surface area contributed by atoms with Crippen LogP contribution in [0.25, 0.3) is 0 Å². The molecule has 0 spiro atoms. The molecule has 1 N–H and O–H groups in total. The second-order valence-corrected chi connectivity index (χ2v) is 8.57. The van der Waals surface area contributed by atoms with Crippen LogP contribution in [0.2, 0.25) is 0 Å². The maximum Gasteiger partial charge on any atom is 0.129 e. The summed E-state index contributed by atoms with van der Waals surface area (Å²) in [4.78, 5) is 0. The lowest BCUT2D eigenvalue weighted by atomic mass is 9.99. The minimum atomic E-state index is -0.698. The molecule has 0 aliphatic heterocycles. The third-order valence-electron chi connectivity index (χ3n) is 5.81. The Kier molecular flexibility index (Phi) is 10.5. The highest BCUT2D eigenvalue weighted by atomic mass is 19.1. The van der Waals surface area contributed by atoms with E-state index in [2.05, 4.69) is 5.32 Å². The van der Waals surface area contributed by atoms with Crippen LogP contribution in [-0.2, 0) is 16.1 Å². The van der Waals surface area contributed by atoms with E-state index < -0.39 is 11.6 Å². The number of rotatable bonds is 14. The summed E-state index contributed by atoms with van der Waals surface area (Å²) in [5.74, 6) is -0.950. The maximum atomic E-state index is 13.5. The van der Waals surface area contributed by atoms with Crippen LogP contribution in [0.15, 0.2) is 66.7 Å². The van der Waals surface area contributed by atoms with Gasteiger partial charge in [-0.25, -0.2) is 13.2 Å². The zero-order valence-corrected chi connectivity index (χ0v) is 20.7. The number of methoxy groups -OCH3 is 2. The summed E-state index contributed by atoms with van der Waals surface area (Å²) in [6.07, 6.45) is 0.0264. The van der Waals surface area contributed by atoms with Gasteiger partial charge in [-0.05, 0) is 42.0 Å². The van der Waals surface area contributed by atoms with Crippen molar-refractivity contribution in [2.45, 2.75) is 32.2 Å². The van der Waals surface area contributed by atoms with Crippen molar-refractivity contribution in [3.63, 3.8) is 0 Å². The number of nitrogens with one attached hydrogen (secondary N) is 1. The van der Waals surface area contributed by atoms with E-state index in [1.807, 2.05) is 31.2 Å². The zero-order valence-electron chi connectivity index (χ0n) is 20.7. The van der Waals surface area contributed by atoms with Gasteiger partial charge in [0.05, 0.1) is 32.5 Å². The molecule has 0 aromatic heterocycles. The first-order chi connectivity index (χ1) is 17.4. The molecule has 0 amide bonds. The molecule has 3 rings (SSSR count). The van der Waals surface area contributed by atoms with Gasteiger partial charge in [-0.1, -0.05) is 19.1 Å². The molecule has 194 valence electrons. The second kappa shape index (κ2) is 13.8. The smallest absolute Gasteiger partial charge is 0.129 e. The van der Waals surface area contributed by atoms with Gasteiger partial charge in [0.1, 0.15) is 29.0 Å². The summed E-state index contributed by atoms with van der Waals surface area (Å²) in [6, 6.07) is 16.8. The highest BCUT2D eigenvalue weighted by Gasteiger charge is 2.24. The molecular weight excluding hydrogens is 471 g/mol. The molecule has 0 saturated carbocycles. The third-order valence-corrected chi connectivity index (χ3v) is 5.81. The molecule has 0 aliphatic carbocycles. The van der Waals surface area contributed by atoms with Gasteiger partial charge in [-0.3, -0.25) is 0 Å². The van der Waals surface area contributed by atoms with Crippen LogP contribution in [0.4, 0.5) is 18.9 Å². The second-order valence-electron chi connectivity index (χ2n) is 8.57. The normalized spacial score (nSPS) is 13.6. The van der Waals surface area contributed by atoms with E-state index in [9.17, 15) is 13.2 Å². The Morgan fingerprint density at radius 1 is 0.806 bits per heavy atom. The number of ether oxygens (including phenoxy) is 4. The number of benzene rings is 3. The first-order valence-electron chi connectivity index (χ1n) is 11.7. The standard InChI is InChI=1S/C28H32F3NO4/c1-19(17-35-26-13-22(30)12-23(31)14-26)28(36-18-20-4-10-25(33-2)11-5-20)15-27(34-3)16-32-24-8-6-21(29)7-9-24/h4-14,19,27-28,32H,15-18H2,1-3H3. The van der Waals surface area contributed by atoms with Gasteiger partial charge in [0.2, 0.25) is 0 Å². The zero-order chi connectivity index (χ0) is 25.9. The summed E-state index contributed by atoms with van der Waals surface area (Å²) in [5.41, 5.74) is 1.75. The summed E-state index contributed by atoms with van der Waals surface area (Å²) >= 11 is 0. The van der Waals surface area contributed by atoms with Gasteiger partial charge < -0.3 is 24.3 Å². The molecule has 0 heterocycles. The molecule has 0 saturated heterocycles. The monoisotopic (exact) mass is 503 g/mol. The molecule has 3 unspecified atom stereocenters. The van der Waals surface area contributed by atoms with Crippen molar-refractivity contribution in [1.82, 2.24) is 0 Å². The Balaban J connectivity index is 1.65. The number of anilines is 1. The van der Waals surface area contributed by atoms with Gasteiger partial charge in [-0.2, -0.15) is 0 Å². The lowest BCUT2D eigenvalue weighted by Gasteiger charge is -2.28. The molecule has 36 heavy (non-hydrogen) atoms. The molecule has 3 atom stereocenters. The molecule has 0 radical (unpaired) electrons. The molecule has 8 heteroatoms. The molecule has 0 aliphatic rings. The summed E-state index contributed by atoms with van der Waals surface area (Å²) < 4.78 is 63.1. The quantitative estimate of drug-likeness (QED) is 0.283. The van der Waals surface area contributed by atoms with E-state index in [0.717, 1.165) is 35.2 Å². The first kappa shape index (κ1) is 27.4. The Hall–Kier alpha value is -3.23. The number of hydrogen-bond acceptors (Lipinski definition) is 5. The van der Waals surface area contributed by atoms with E-state index >= 15 is 0 Å². The van der Waals surface area contributed by atoms with Crippen molar-refractivity contribution >= 4 is 5.69 Å². The van der Waals surface area contributed by atoms with Crippen molar-refractivity contribution < 1.29 is 32.1 Å². The molecule has 3 aromatic rings. The predicted molar refractivity (Wildman–Crippen MR) is 133 cm³/mol. The van der Waals surface area contributed by atoms with E-state index in [1.54, 1.807) is 26.4 Å². The number of halogens is 3. The number of hydrogen-bond donors (Lipinski definition) is 1. The third kappa shape index (κ3) is 8.77. The van der Waals surface area contributed by atoms with E-state index in [1.165, 1.54) is 12.1 Å². The Bertz CT molecular complexity index is 1040. The largest absolute Gasteiger partial charge is 0.497 e. The van der Waals surface area contributed by atoms with Crippen LogP contribution in [-0.4, -0.2) is 39.6 Å². The Morgan fingerprint density at radius 3 is 2.08 bits per heavy atom. The average molecular weight is 504 g/mol. The van der Waals surface area contributed by atoms with Gasteiger partial charge >= 0.3 is 0 Å². The minimum Gasteiger partial charge on any atom is -0.497 e. The van der Waals surface area contributed by atoms with E-state index in [4.69, 9.17) is 18.9 Å². The van der Waals surface area contributed by atoms with Crippen LogP contribution >= 0.6 is 0 Å². The van der Waals surface area contributed by atoms with Crippen LogP contribution in [0.1, 0.15) is 18.9 Å². The lowest BCUT2D eigenvalue weighted by molar-refractivity contribution is -0.0407. The summed E-state index contributed by atoms with van der Waals surface area (Å²) in [5, 5.41) is 3.25. The van der Waals surface area contributed by atoms with E-state index in [-0.39, 0.29) is 36.3 Å². The molecule has 3 aromatic carbocycles.